The summed E-state index contributed by atoms with van der Waals surface area (Å²) in [6.07, 6.45) is 0. The molecule has 0 atom stereocenters. The molecule has 2 aromatic carbocycles. The van der Waals surface area contributed by atoms with Gasteiger partial charge < -0.3 is 24.8 Å². The maximum Gasteiger partial charge on any atom is 0.338 e. The van der Waals surface area contributed by atoms with Crippen LogP contribution in [0.5, 0.6) is 0 Å². The Hall–Kier alpha value is -5.57. The first-order chi connectivity index (χ1) is 21.5. The first-order valence-electron chi connectivity index (χ1n) is 14.0. The fraction of sp³-hybridized carbons (Fsp3) is 0.300. The van der Waals surface area contributed by atoms with Crippen LogP contribution in [0.25, 0.3) is 0 Å². The van der Waals surface area contributed by atoms with Crippen molar-refractivity contribution in [3.8, 4) is 0 Å². The molecule has 45 heavy (non-hydrogen) atoms. The number of urea groups is 2. The van der Waals surface area contributed by atoms with Gasteiger partial charge in [-0.2, -0.15) is 0 Å². The number of nitrogens with two attached hydrogens (primary N) is 1. The summed E-state index contributed by atoms with van der Waals surface area (Å²) in [5.74, 6) is -5.64. The van der Waals surface area contributed by atoms with Crippen LogP contribution in [0.3, 0.4) is 0 Å². The molecule has 0 radical (unpaired) electrons. The molecule has 4 rings (SSSR count). The summed E-state index contributed by atoms with van der Waals surface area (Å²) in [5.41, 5.74) is 9.65. The monoisotopic (exact) mass is 621 g/mol. The minimum absolute atomic E-state index is 0.0749. The smallest absolute Gasteiger partial charge is 0.338 e. The van der Waals surface area contributed by atoms with Gasteiger partial charge in [0.05, 0.1) is 31.5 Å². The number of benzene rings is 2. The Balaban J connectivity index is 1.93. The summed E-state index contributed by atoms with van der Waals surface area (Å²) < 4.78 is 15.9. The van der Waals surface area contributed by atoms with E-state index in [-0.39, 0.29) is 24.6 Å². The summed E-state index contributed by atoms with van der Waals surface area (Å²) in [5, 5.41) is 7.29. The van der Waals surface area contributed by atoms with Gasteiger partial charge in [-0.25, -0.2) is 40.0 Å². The number of carbonyl (C=O) groups excluding carboxylic acids is 5. The second-order valence-electron chi connectivity index (χ2n) is 9.86. The van der Waals surface area contributed by atoms with Crippen LogP contribution in [0.1, 0.15) is 27.7 Å². The lowest BCUT2D eigenvalue weighted by Gasteiger charge is -2.47. The van der Waals surface area contributed by atoms with E-state index in [2.05, 4.69) is 21.5 Å². The molecule has 0 saturated heterocycles. The number of rotatable bonds is 9. The van der Waals surface area contributed by atoms with Gasteiger partial charge in [-0.05, 0) is 52.0 Å². The predicted octanol–water partition coefficient (Wildman–Crippen LogP) is 2.54. The Morgan fingerprint density at radius 1 is 0.711 bits per heavy atom. The lowest BCUT2D eigenvalue weighted by molar-refractivity contribution is -0.168. The Kier molecular flexibility index (Phi) is 9.32. The summed E-state index contributed by atoms with van der Waals surface area (Å²) in [4.78, 5) is 68.2. The molecule has 0 bridgehead atoms. The van der Waals surface area contributed by atoms with Crippen molar-refractivity contribution in [3.63, 3.8) is 0 Å². The van der Waals surface area contributed by atoms with E-state index in [1.807, 2.05) is 0 Å². The van der Waals surface area contributed by atoms with Crippen molar-refractivity contribution in [3.05, 3.63) is 83.2 Å². The Morgan fingerprint density at radius 2 is 1.09 bits per heavy atom. The molecule has 0 fully saturated rings. The number of esters is 3. The number of nitrogens with zero attached hydrogens (tertiary/aromatic N) is 2. The third kappa shape index (κ3) is 5.37. The third-order valence-electron chi connectivity index (χ3n) is 7.32. The van der Waals surface area contributed by atoms with E-state index in [4.69, 9.17) is 19.9 Å². The summed E-state index contributed by atoms with van der Waals surface area (Å²) in [6, 6.07) is 15.2. The number of hydrogen-bond donors (Lipinski definition) is 5. The molecule has 238 valence electrons. The number of fused-ring (bicyclic) bond motifs is 1. The Labute approximate surface area is 259 Å². The van der Waals surface area contributed by atoms with Crippen LogP contribution in [-0.2, 0) is 28.6 Å². The van der Waals surface area contributed by atoms with E-state index < -0.39 is 52.3 Å². The number of nitrogens with one attached hydrogen (secondary N) is 4. The van der Waals surface area contributed by atoms with Crippen molar-refractivity contribution in [2.75, 3.05) is 31.0 Å². The van der Waals surface area contributed by atoms with Crippen molar-refractivity contribution in [1.82, 2.24) is 20.9 Å². The molecule has 4 amide bonds. The number of hydrazine groups is 2. The van der Waals surface area contributed by atoms with Gasteiger partial charge in [0.1, 0.15) is 0 Å². The lowest BCUT2D eigenvalue weighted by atomic mass is 9.71. The first-order valence-corrected chi connectivity index (χ1v) is 14.0. The highest BCUT2D eigenvalue weighted by Gasteiger charge is 2.79. The molecule has 2 aliphatic rings. The molecule has 15 nitrogen and oxygen atoms in total. The zero-order valence-electron chi connectivity index (χ0n) is 25.4. The fourth-order valence-corrected chi connectivity index (χ4v) is 5.62. The molecule has 0 saturated carbocycles. The number of para-hydroxylation sites is 2. The SMILES string of the molecule is CCOC(=O)C1=C(C)N(NC(=O)Nc2ccccc2)C2(N)N(NC(=O)Nc3ccccc3)C(C)=C(C(=O)OCC)C12C(=O)OC. The molecular formula is C30H35N7O8. The molecule has 0 unspecified atom stereocenters. The van der Waals surface area contributed by atoms with Gasteiger partial charge in [-0.1, -0.05) is 36.4 Å². The highest BCUT2D eigenvalue weighted by molar-refractivity contribution is 6.11. The molecule has 0 spiro atoms. The van der Waals surface area contributed by atoms with Crippen molar-refractivity contribution in [2.45, 2.75) is 33.5 Å². The lowest BCUT2D eigenvalue weighted by Crippen LogP contribution is -2.76. The average molecular weight is 622 g/mol. The number of anilines is 2. The molecule has 2 aromatic rings. The summed E-state index contributed by atoms with van der Waals surface area (Å²) >= 11 is 0. The number of hydrogen-bond acceptors (Lipinski definition) is 11. The predicted molar refractivity (Wildman–Crippen MR) is 161 cm³/mol. The Morgan fingerprint density at radius 3 is 1.42 bits per heavy atom. The standard InChI is InChI=1S/C30H35N7O8/c1-6-44-24(38)22-18(3)36(34-27(41)32-20-14-10-8-11-15-20)30(31)29(22,26(40)43-5)23(25(39)45-7-2)19(4)37(30)35-28(42)33-21-16-12-9-13-17-21/h8-17H,6-7,31H2,1-5H3,(H2,32,34,41)(H2,33,35,42). The van der Waals surface area contributed by atoms with Gasteiger partial charge >= 0.3 is 30.0 Å². The van der Waals surface area contributed by atoms with Gasteiger partial charge in [0.15, 0.2) is 5.41 Å². The summed E-state index contributed by atoms with van der Waals surface area (Å²) in [6.45, 7) is 5.68. The van der Waals surface area contributed by atoms with Gasteiger partial charge in [-0.15, -0.1) is 0 Å². The zero-order chi connectivity index (χ0) is 32.9. The molecule has 0 aromatic heterocycles. The molecule has 2 aliphatic heterocycles. The van der Waals surface area contributed by atoms with Crippen molar-refractivity contribution < 1.29 is 38.2 Å². The van der Waals surface area contributed by atoms with Crippen LogP contribution in [0, 0.1) is 5.41 Å². The van der Waals surface area contributed by atoms with Crippen molar-refractivity contribution in [2.24, 2.45) is 11.1 Å². The van der Waals surface area contributed by atoms with Gasteiger partial charge in [0.2, 0.25) is 5.79 Å². The van der Waals surface area contributed by atoms with Crippen molar-refractivity contribution in [1.29, 1.82) is 0 Å². The van der Waals surface area contributed by atoms with Crippen LogP contribution >= 0.6 is 0 Å². The topological polar surface area (TPSA) is 194 Å². The van der Waals surface area contributed by atoms with E-state index in [9.17, 15) is 24.0 Å². The minimum Gasteiger partial charge on any atom is -0.468 e. The van der Waals surface area contributed by atoms with E-state index in [0.29, 0.717) is 11.4 Å². The van der Waals surface area contributed by atoms with E-state index in [0.717, 1.165) is 17.1 Å². The van der Waals surface area contributed by atoms with Crippen LogP contribution in [0.15, 0.2) is 83.2 Å². The number of methoxy groups -OCH3 is 1. The van der Waals surface area contributed by atoms with Gasteiger partial charge in [0, 0.05) is 22.8 Å². The van der Waals surface area contributed by atoms with Crippen LogP contribution in [0.2, 0.25) is 0 Å². The summed E-state index contributed by atoms with van der Waals surface area (Å²) in [7, 11) is 1.05. The van der Waals surface area contributed by atoms with Crippen LogP contribution < -0.4 is 27.2 Å². The molecule has 2 heterocycles. The van der Waals surface area contributed by atoms with Crippen LogP contribution in [0.4, 0.5) is 21.0 Å². The zero-order valence-corrected chi connectivity index (χ0v) is 25.4. The second-order valence-corrected chi connectivity index (χ2v) is 9.86. The molecular weight excluding hydrogens is 586 g/mol. The Bertz CT molecular complexity index is 1460. The maximum atomic E-state index is 14.1. The molecule has 15 heteroatoms. The second kappa shape index (κ2) is 13.0. The van der Waals surface area contributed by atoms with E-state index >= 15 is 0 Å². The highest BCUT2D eigenvalue weighted by Crippen LogP contribution is 2.60. The number of carbonyl (C=O) groups is 5. The quantitative estimate of drug-likeness (QED) is 0.204. The van der Waals surface area contributed by atoms with Crippen molar-refractivity contribution >= 4 is 41.3 Å². The third-order valence-corrected chi connectivity index (χ3v) is 7.32. The number of allylic oxidation sites excluding steroid dienone is 2. The van der Waals surface area contributed by atoms with Gasteiger partial charge in [-0.3, -0.25) is 10.5 Å². The van der Waals surface area contributed by atoms with E-state index in [1.54, 1.807) is 74.5 Å². The highest BCUT2D eigenvalue weighted by atomic mass is 16.5. The fourth-order valence-electron chi connectivity index (χ4n) is 5.62. The normalized spacial score (nSPS) is 20.3. The molecule has 0 aliphatic carbocycles. The minimum atomic E-state index is -2.51. The first kappa shape index (κ1) is 32.3. The largest absolute Gasteiger partial charge is 0.468 e. The number of amides is 4. The molecule has 6 N–H and O–H groups in total. The van der Waals surface area contributed by atoms with Gasteiger partial charge in [0.25, 0.3) is 0 Å². The average Bonchev–Trinajstić information content (AvgIpc) is 3.32. The maximum absolute atomic E-state index is 14.1. The van der Waals surface area contributed by atoms with Crippen LogP contribution in [-0.4, -0.2) is 66.1 Å². The van der Waals surface area contributed by atoms with E-state index in [1.165, 1.54) is 13.8 Å². The number of ether oxygens (including phenoxy) is 3.